The maximum absolute atomic E-state index is 12.0. The second kappa shape index (κ2) is 5.82. The first kappa shape index (κ1) is 12.9. The molecule has 0 aromatic rings. The van der Waals surface area contributed by atoms with Crippen LogP contribution in [0.15, 0.2) is 0 Å². The van der Waals surface area contributed by atoms with Gasteiger partial charge >= 0.3 is 0 Å². The van der Waals surface area contributed by atoms with Crippen LogP contribution >= 0.6 is 0 Å². The Morgan fingerprint density at radius 2 is 2.07 bits per heavy atom. The summed E-state index contributed by atoms with van der Waals surface area (Å²) >= 11 is 0. The van der Waals surface area contributed by atoms with Gasteiger partial charge in [0.15, 0.2) is 0 Å². The zero-order valence-electron chi connectivity index (χ0n) is 9.70. The molecule has 1 saturated heterocycles. The molecule has 1 aliphatic rings. The van der Waals surface area contributed by atoms with E-state index in [2.05, 4.69) is 5.32 Å². The van der Waals surface area contributed by atoms with Crippen molar-refractivity contribution < 1.29 is 8.42 Å². The zero-order valence-corrected chi connectivity index (χ0v) is 10.5. The van der Waals surface area contributed by atoms with E-state index in [4.69, 9.17) is 0 Å². The summed E-state index contributed by atoms with van der Waals surface area (Å²) in [6.07, 6.45) is 4.31. The van der Waals surface area contributed by atoms with Gasteiger partial charge < -0.3 is 5.32 Å². The van der Waals surface area contributed by atoms with E-state index in [0.29, 0.717) is 13.1 Å². The van der Waals surface area contributed by atoms with Gasteiger partial charge in [-0.1, -0.05) is 12.8 Å². The van der Waals surface area contributed by atoms with E-state index in [1.54, 1.807) is 11.4 Å². The highest BCUT2D eigenvalue weighted by atomic mass is 32.2. The van der Waals surface area contributed by atoms with Gasteiger partial charge in [-0.05, 0) is 26.8 Å². The summed E-state index contributed by atoms with van der Waals surface area (Å²) in [6.45, 7) is 3.25. The standard InChI is InChI=1S/C10H22N2O2S/c1-10-6-4-3-5-8-12(10)15(13,14)9-7-11-2/h10-11H,3-9H2,1-2H3. The molecule has 5 heteroatoms. The van der Waals surface area contributed by atoms with E-state index in [1.165, 1.54) is 0 Å². The smallest absolute Gasteiger partial charge is 0.215 e. The van der Waals surface area contributed by atoms with Crippen molar-refractivity contribution >= 4 is 10.0 Å². The zero-order chi connectivity index (χ0) is 11.3. The Bertz CT molecular complexity index is 277. The summed E-state index contributed by atoms with van der Waals surface area (Å²) in [5, 5.41) is 2.89. The molecular weight excluding hydrogens is 212 g/mol. The molecule has 15 heavy (non-hydrogen) atoms. The highest BCUT2D eigenvalue weighted by Crippen LogP contribution is 2.19. The SMILES string of the molecule is CNCCS(=O)(=O)N1CCCCCC1C. The summed E-state index contributed by atoms with van der Waals surface area (Å²) in [6, 6.07) is 0.175. The van der Waals surface area contributed by atoms with Gasteiger partial charge in [0, 0.05) is 19.1 Å². The first-order chi connectivity index (χ1) is 7.08. The van der Waals surface area contributed by atoms with Crippen molar-refractivity contribution in [1.29, 1.82) is 0 Å². The van der Waals surface area contributed by atoms with E-state index in [-0.39, 0.29) is 11.8 Å². The van der Waals surface area contributed by atoms with Gasteiger partial charge in [-0.2, -0.15) is 4.31 Å². The maximum atomic E-state index is 12.0. The molecule has 1 aliphatic heterocycles. The second-order valence-electron chi connectivity index (χ2n) is 4.23. The Labute approximate surface area is 93.1 Å². The van der Waals surface area contributed by atoms with E-state index >= 15 is 0 Å². The van der Waals surface area contributed by atoms with Crippen molar-refractivity contribution in [2.75, 3.05) is 25.9 Å². The molecule has 1 N–H and O–H groups in total. The number of hydrogen-bond acceptors (Lipinski definition) is 3. The van der Waals surface area contributed by atoms with Crippen LogP contribution in [0.3, 0.4) is 0 Å². The van der Waals surface area contributed by atoms with E-state index in [0.717, 1.165) is 25.7 Å². The molecule has 0 radical (unpaired) electrons. The molecule has 1 rings (SSSR count). The Balaban J connectivity index is 2.65. The highest BCUT2D eigenvalue weighted by Gasteiger charge is 2.27. The number of sulfonamides is 1. The molecule has 1 atom stereocenters. The lowest BCUT2D eigenvalue weighted by atomic mass is 10.1. The third kappa shape index (κ3) is 3.74. The number of rotatable bonds is 4. The van der Waals surface area contributed by atoms with Crippen LogP contribution in [-0.2, 0) is 10.0 Å². The fourth-order valence-electron chi connectivity index (χ4n) is 2.01. The molecule has 0 amide bonds. The fourth-order valence-corrected chi connectivity index (χ4v) is 3.77. The minimum absolute atomic E-state index is 0.175. The van der Waals surface area contributed by atoms with E-state index < -0.39 is 10.0 Å². The largest absolute Gasteiger partial charge is 0.319 e. The number of nitrogens with zero attached hydrogens (tertiary/aromatic N) is 1. The van der Waals surface area contributed by atoms with Crippen LogP contribution in [0.25, 0.3) is 0 Å². The van der Waals surface area contributed by atoms with Gasteiger partial charge in [-0.15, -0.1) is 0 Å². The van der Waals surface area contributed by atoms with Gasteiger partial charge in [-0.25, -0.2) is 8.42 Å². The molecule has 0 bridgehead atoms. The summed E-state index contributed by atoms with van der Waals surface area (Å²) in [5.74, 6) is 0.216. The monoisotopic (exact) mass is 234 g/mol. The third-order valence-corrected chi connectivity index (χ3v) is 4.94. The minimum Gasteiger partial charge on any atom is -0.319 e. The van der Waals surface area contributed by atoms with Crippen LogP contribution in [0, 0.1) is 0 Å². The summed E-state index contributed by atoms with van der Waals surface area (Å²) in [4.78, 5) is 0. The minimum atomic E-state index is -3.05. The predicted molar refractivity (Wildman–Crippen MR) is 62.3 cm³/mol. The number of hydrogen-bond donors (Lipinski definition) is 1. The lowest BCUT2D eigenvalue weighted by molar-refractivity contribution is 0.342. The normalized spacial score (nSPS) is 25.1. The molecule has 0 aromatic carbocycles. The molecule has 0 aromatic heterocycles. The van der Waals surface area contributed by atoms with Crippen LogP contribution in [0.5, 0.6) is 0 Å². The van der Waals surface area contributed by atoms with Crippen molar-refractivity contribution in [3.8, 4) is 0 Å². The molecule has 1 heterocycles. The summed E-state index contributed by atoms with van der Waals surface area (Å²) in [5.41, 5.74) is 0. The van der Waals surface area contributed by atoms with Crippen molar-refractivity contribution in [2.45, 2.75) is 38.6 Å². The molecule has 0 aliphatic carbocycles. The topological polar surface area (TPSA) is 49.4 Å². The average molecular weight is 234 g/mol. The van der Waals surface area contributed by atoms with Crippen LogP contribution in [0.2, 0.25) is 0 Å². The lowest BCUT2D eigenvalue weighted by Gasteiger charge is -2.26. The highest BCUT2D eigenvalue weighted by molar-refractivity contribution is 7.89. The molecule has 4 nitrogen and oxygen atoms in total. The predicted octanol–water partition coefficient (Wildman–Crippen LogP) is 0.800. The van der Waals surface area contributed by atoms with E-state index in [1.807, 2.05) is 6.92 Å². The van der Waals surface area contributed by atoms with Gasteiger partial charge in [0.2, 0.25) is 10.0 Å². The number of nitrogens with one attached hydrogen (secondary N) is 1. The van der Waals surface area contributed by atoms with Crippen LogP contribution < -0.4 is 5.32 Å². The second-order valence-corrected chi connectivity index (χ2v) is 6.27. The van der Waals surface area contributed by atoms with Gasteiger partial charge in [0.05, 0.1) is 5.75 Å². The van der Waals surface area contributed by atoms with Crippen LogP contribution in [-0.4, -0.2) is 44.7 Å². The average Bonchev–Trinajstić information content (AvgIpc) is 2.40. The Kier molecular flexibility index (Phi) is 5.02. The first-order valence-corrected chi connectivity index (χ1v) is 7.33. The molecule has 1 fully saturated rings. The third-order valence-electron chi connectivity index (χ3n) is 2.96. The maximum Gasteiger partial charge on any atom is 0.215 e. The van der Waals surface area contributed by atoms with Crippen molar-refractivity contribution in [2.24, 2.45) is 0 Å². The molecule has 0 saturated carbocycles. The lowest BCUT2D eigenvalue weighted by Crippen LogP contribution is -2.41. The van der Waals surface area contributed by atoms with Gasteiger partial charge in [-0.3, -0.25) is 0 Å². The Morgan fingerprint density at radius 3 is 2.73 bits per heavy atom. The first-order valence-electron chi connectivity index (χ1n) is 5.72. The van der Waals surface area contributed by atoms with Crippen molar-refractivity contribution in [1.82, 2.24) is 9.62 Å². The Morgan fingerprint density at radius 1 is 1.33 bits per heavy atom. The summed E-state index contributed by atoms with van der Waals surface area (Å²) < 4.78 is 25.7. The van der Waals surface area contributed by atoms with Crippen molar-refractivity contribution in [3.05, 3.63) is 0 Å². The van der Waals surface area contributed by atoms with Crippen molar-refractivity contribution in [3.63, 3.8) is 0 Å². The van der Waals surface area contributed by atoms with Crippen LogP contribution in [0.4, 0.5) is 0 Å². The fraction of sp³-hybridized carbons (Fsp3) is 1.00. The molecule has 90 valence electrons. The molecule has 0 spiro atoms. The van der Waals surface area contributed by atoms with Gasteiger partial charge in [0.1, 0.15) is 0 Å². The molecular formula is C10H22N2O2S. The molecule has 1 unspecified atom stereocenters. The van der Waals surface area contributed by atoms with Gasteiger partial charge in [0.25, 0.3) is 0 Å². The quantitative estimate of drug-likeness (QED) is 0.783. The van der Waals surface area contributed by atoms with E-state index in [9.17, 15) is 8.42 Å². The summed E-state index contributed by atoms with van der Waals surface area (Å²) in [7, 11) is -1.27. The Hall–Kier alpha value is -0.130. The van der Waals surface area contributed by atoms with Crippen LogP contribution in [0.1, 0.15) is 32.6 Å².